The fourth-order valence-electron chi connectivity index (χ4n) is 2.64. The number of para-hydroxylation sites is 1. The van der Waals surface area contributed by atoms with Crippen LogP contribution in [0, 0.1) is 0 Å². The number of pyridine rings is 1. The van der Waals surface area contributed by atoms with Crippen molar-refractivity contribution in [3.8, 4) is 0 Å². The molecule has 3 rings (SSSR count). The molecule has 0 fully saturated rings. The van der Waals surface area contributed by atoms with Gasteiger partial charge in [0.05, 0.1) is 0 Å². The molecule has 27 heavy (non-hydrogen) atoms. The van der Waals surface area contributed by atoms with Crippen LogP contribution in [-0.2, 0) is 17.8 Å². The minimum atomic E-state index is -0.174. The summed E-state index contributed by atoms with van der Waals surface area (Å²) in [6.07, 6.45) is 4.53. The molecule has 0 aliphatic rings. The SMILES string of the molecule is O=C(CCc1ccncc1)NCc1cccc(C(=O)Nc2ccccc2)c1. The quantitative estimate of drug-likeness (QED) is 0.677. The van der Waals surface area contributed by atoms with Crippen LogP contribution in [0.15, 0.2) is 79.1 Å². The van der Waals surface area contributed by atoms with Crippen LogP contribution in [0.4, 0.5) is 5.69 Å². The topological polar surface area (TPSA) is 71.1 Å². The van der Waals surface area contributed by atoms with E-state index in [0.29, 0.717) is 24.9 Å². The summed E-state index contributed by atoms with van der Waals surface area (Å²) in [5.74, 6) is -0.196. The van der Waals surface area contributed by atoms with Crippen molar-refractivity contribution >= 4 is 17.5 Å². The molecule has 136 valence electrons. The van der Waals surface area contributed by atoms with Gasteiger partial charge >= 0.3 is 0 Å². The van der Waals surface area contributed by atoms with E-state index < -0.39 is 0 Å². The molecule has 2 aromatic carbocycles. The second-order valence-corrected chi connectivity index (χ2v) is 6.15. The summed E-state index contributed by atoms with van der Waals surface area (Å²) < 4.78 is 0. The van der Waals surface area contributed by atoms with Gasteiger partial charge in [-0.25, -0.2) is 0 Å². The Balaban J connectivity index is 1.51. The Kier molecular flexibility index (Phi) is 6.30. The summed E-state index contributed by atoms with van der Waals surface area (Å²) in [6.45, 7) is 0.391. The maximum atomic E-state index is 12.4. The van der Waals surface area contributed by atoms with Gasteiger partial charge in [-0.3, -0.25) is 14.6 Å². The lowest BCUT2D eigenvalue weighted by molar-refractivity contribution is -0.121. The van der Waals surface area contributed by atoms with Crippen LogP contribution in [-0.4, -0.2) is 16.8 Å². The minimum Gasteiger partial charge on any atom is -0.352 e. The first kappa shape index (κ1) is 18.3. The van der Waals surface area contributed by atoms with Gasteiger partial charge in [-0.1, -0.05) is 30.3 Å². The number of hydrogen-bond acceptors (Lipinski definition) is 3. The molecule has 0 unspecified atom stereocenters. The highest BCUT2D eigenvalue weighted by Gasteiger charge is 2.08. The summed E-state index contributed by atoms with van der Waals surface area (Å²) in [5, 5.41) is 5.76. The average Bonchev–Trinajstić information content (AvgIpc) is 2.72. The number of carbonyl (C=O) groups excluding carboxylic acids is 2. The predicted octanol–water partition coefficient (Wildman–Crippen LogP) is 3.58. The zero-order valence-electron chi connectivity index (χ0n) is 14.9. The average molecular weight is 359 g/mol. The van der Waals surface area contributed by atoms with Crippen LogP contribution in [0.2, 0.25) is 0 Å². The Morgan fingerprint density at radius 2 is 1.63 bits per heavy atom. The van der Waals surface area contributed by atoms with E-state index >= 15 is 0 Å². The molecule has 2 N–H and O–H groups in total. The van der Waals surface area contributed by atoms with Crippen molar-refractivity contribution in [2.75, 3.05) is 5.32 Å². The molecule has 5 heteroatoms. The molecule has 1 heterocycles. The first-order valence-corrected chi connectivity index (χ1v) is 8.81. The third kappa shape index (κ3) is 5.78. The van der Waals surface area contributed by atoms with Crippen LogP contribution in [0.1, 0.15) is 27.9 Å². The maximum absolute atomic E-state index is 12.4. The third-order valence-corrected chi connectivity index (χ3v) is 4.10. The van der Waals surface area contributed by atoms with Crippen molar-refractivity contribution in [1.82, 2.24) is 10.3 Å². The van der Waals surface area contributed by atoms with Crippen molar-refractivity contribution in [3.05, 3.63) is 95.8 Å². The van der Waals surface area contributed by atoms with Gasteiger partial charge in [0.15, 0.2) is 0 Å². The van der Waals surface area contributed by atoms with E-state index in [9.17, 15) is 9.59 Å². The standard InChI is InChI=1S/C22H21N3O2/c26-21(10-9-17-11-13-23-14-12-17)24-16-18-5-4-6-19(15-18)22(27)25-20-7-2-1-3-8-20/h1-8,11-15H,9-10,16H2,(H,24,26)(H,25,27). The second-order valence-electron chi connectivity index (χ2n) is 6.15. The van der Waals surface area contributed by atoms with Crippen molar-refractivity contribution < 1.29 is 9.59 Å². The van der Waals surface area contributed by atoms with Crippen LogP contribution in [0.5, 0.6) is 0 Å². The van der Waals surface area contributed by atoms with E-state index in [0.717, 1.165) is 16.8 Å². The normalized spacial score (nSPS) is 10.2. The van der Waals surface area contributed by atoms with Crippen LogP contribution in [0.25, 0.3) is 0 Å². The van der Waals surface area contributed by atoms with Crippen LogP contribution < -0.4 is 10.6 Å². The van der Waals surface area contributed by atoms with E-state index in [1.807, 2.05) is 54.6 Å². The maximum Gasteiger partial charge on any atom is 0.255 e. The second kappa shape index (κ2) is 9.29. The zero-order chi connectivity index (χ0) is 18.9. The van der Waals surface area contributed by atoms with Crippen LogP contribution >= 0.6 is 0 Å². The number of nitrogens with one attached hydrogen (secondary N) is 2. The van der Waals surface area contributed by atoms with E-state index in [2.05, 4.69) is 15.6 Å². The third-order valence-electron chi connectivity index (χ3n) is 4.10. The molecule has 0 spiro atoms. The Morgan fingerprint density at radius 3 is 2.41 bits per heavy atom. The number of nitrogens with zero attached hydrogens (tertiary/aromatic N) is 1. The molecule has 3 aromatic rings. The summed E-state index contributed by atoms with van der Waals surface area (Å²) in [4.78, 5) is 28.4. The molecule has 0 saturated carbocycles. The molecule has 0 aliphatic carbocycles. The first-order chi connectivity index (χ1) is 13.2. The summed E-state index contributed by atoms with van der Waals surface area (Å²) in [6, 6.07) is 20.4. The zero-order valence-corrected chi connectivity index (χ0v) is 14.9. The molecule has 1 aromatic heterocycles. The largest absolute Gasteiger partial charge is 0.352 e. The summed E-state index contributed by atoms with van der Waals surface area (Å²) in [5.41, 5.74) is 3.27. The Morgan fingerprint density at radius 1 is 0.852 bits per heavy atom. The number of rotatable bonds is 7. The number of amides is 2. The number of anilines is 1. The van der Waals surface area contributed by atoms with Gasteiger partial charge in [0, 0.05) is 36.6 Å². The Hall–Kier alpha value is -3.47. The van der Waals surface area contributed by atoms with E-state index in [-0.39, 0.29) is 11.8 Å². The van der Waals surface area contributed by atoms with E-state index in [1.54, 1.807) is 24.5 Å². The lowest BCUT2D eigenvalue weighted by Crippen LogP contribution is -2.23. The first-order valence-electron chi connectivity index (χ1n) is 8.81. The Labute approximate surface area is 158 Å². The highest BCUT2D eigenvalue weighted by atomic mass is 16.2. The van der Waals surface area contributed by atoms with Crippen molar-refractivity contribution in [2.45, 2.75) is 19.4 Å². The number of aromatic nitrogens is 1. The number of benzene rings is 2. The van der Waals surface area contributed by atoms with Gasteiger partial charge in [0.2, 0.25) is 5.91 Å². The van der Waals surface area contributed by atoms with Gasteiger partial charge in [-0.2, -0.15) is 0 Å². The fraction of sp³-hybridized carbons (Fsp3) is 0.136. The molecule has 0 bridgehead atoms. The number of hydrogen-bond donors (Lipinski definition) is 2. The van der Waals surface area contributed by atoms with E-state index in [1.165, 1.54) is 0 Å². The lowest BCUT2D eigenvalue weighted by atomic mass is 10.1. The fourth-order valence-corrected chi connectivity index (χ4v) is 2.64. The summed E-state index contributed by atoms with van der Waals surface area (Å²) >= 11 is 0. The van der Waals surface area contributed by atoms with Crippen molar-refractivity contribution in [2.24, 2.45) is 0 Å². The lowest BCUT2D eigenvalue weighted by Gasteiger charge is -2.08. The van der Waals surface area contributed by atoms with Gasteiger partial charge in [-0.05, 0) is 53.9 Å². The van der Waals surface area contributed by atoms with Crippen molar-refractivity contribution in [3.63, 3.8) is 0 Å². The van der Waals surface area contributed by atoms with Crippen molar-refractivity contribution in [1.29, 1.82) is 0 Å². The highest BCUT2D eigenvalue weighted by molar-refractivity contribution is 6.04. The molecular weight excluding hydrogens is 338 g/mol. The van der Waals surface area contributed by atoms with Gasteiger partial charge in [0.1, 0.15) is 0 Å². The monoisotopic (exact) mass is 359 g/mol. The molecule has 0 saturated heterocycles. The molecule has 0 atom stereocenters. The minimum absolute atomic E-state index is 0.0223. The molecule has 5 nitrogen and oxygen atoms in total. The number of aryl methyl sites for hydroxylation is 1. The van der Waals surface area contributed by atoms with Gasteiger partial charge < -0.3 is 10.6 Å². The molecule has 0 aliphatic heterocycles. The molecular formula is C22H21N3O2. The van der Waals surface area contributed by atoms with Gasteiger partial charge in [0.25, 0.3) is 5.91 Å². The predicted molar refractivity (Wildman–Crippen MR) is 105 cm³/mol. The highest BCUT2D eigenvalue weighted by Crippen LogP contribution is 2.11. The number of carbonyl (C=O) groups is 2. The summed E-state index contributed by atoms with van der Waals surface area (Å²) in [7, 11) is 0. The van der Waals surface area contributed by atoms with Crippen LogP contribution in [0.3, 0.4) is 0 Å². The Bertz CT molecular complexity index is 896. The smallest absolute Gasteiger partial charge is 0.255 e. The van der Waals surface area contributed by atoms with Gasteiger partial charge in [-0.15, -0.1) is 0 Å². The molecule has 0 radical (unpaired) electrons. The van der Waals surface area contributed by atoms with E-state index in [4.69, 9.17) is 0 Å². The molecule has 2 amide bonds.